The van der Waals surface area contributed by atoms with Gasteiger partial charge in [-0.1, -0.05) is 13.8 Å². The first-order valence-electron chi connectivity index (χ1n) is 8.91. The van der Waals surface area contributed by atoms with Gasteiger partial charge in [0, 0.05) is 50.2 Å². The van der Waals surface area contributed by atoms with E-state index in [0.717, 1.165) is 37.3 Å². The molecule has 1 amide bonds. The molecular weight excluding hydrogens is 318 g/mol. The average molecular weight is 343 g/mol. The third-order valence-electron chi connectivity index (χ3n) is 4.57. The van der Waals surface area contributed by atoms with Crippen molar-refractivity contribution in [2.75, 3.05) is 13.1 Å². The van der Waals surface area contributed by atoms with Crippen molar-refractivity contribution in [3.63, 3.8) is 0 Å². The lowest BCUT2D eigenvalue weighted by Crippen LogP contribution is -2.38. The highest BCUT2D eigenvalue weighted by Gasteiger charge is 2.25. The SMILES string of the molecule is Cc1cncc(C2CCN(C(=O)CCc3nnc(C(C)C)o3)CC2)n1. The van der Waals surface area contributed by atoms with Crippen LogP contribution < -0.4 is 0 Å². The normalized spacial score (nSPS) is 15.8. The van der Waals surface area contributed by atoms with Gasteiger partial charge in [0.15, 0.2) is 0 Å². The molecule has 0 atom stereocenters. The Kier molecular flexibility index (Phi) is 5.40. The molecule has 1 aliphatic rings. The van der Waals surface area contributed by atoms with Crippen molar-refractivity contribution in [3.05, 3.63) is 35.6 Å². The summed E-state index contributed by atoms with van der Waals surface area (Å²) >= 11 is 0. The van der Waals surface area contributed by atoms with Gasteiger partial charge in [0.25, 0.3) is 0 Å². The number of hydrogen-bond acceptors (Lipinski definition) is 6. The fourth-order valence-electron chi connectivity index (χ4n) is 3.08. The van der Waals surface area contributed by atoms with E-state index >= 15 is 0 Å². The first-order valence-corrected chi connectivity index (χ1v) is 8.91. The summed E-state index contributed by atoms with van der Waals surface area (Å²) in [6, 6.07) is 0. The second kappa shape index (κ2) is 7.72. The maximum Gasteiger partial charge on any atom is 0.223 e. The van der Waals surface area contributed by atoms with Crippen LogP contribution in [0.15, 0.2) is 16.8 Å². The molecule has 0 bridgehead atoms. The third kappa shape index (κ3) is 4.41. The molecule has 0 unspecified atom stereocenters. The maximum atomic E-state index is 12.4. The Labute approximate surface area is 147 Å². The van der Waals surface area contributed by atoms with Crippen LogP contribution in [0.4, 0.5) is 0 Å². The van der Waals surface area contributed by atoms with E-state index in [9.17, 15) is 4.79 Å². The standard InChI is InChI=1S/C18H25N5O2/c1-12(2)18-22-21-16(25-18)4-5-17(24)23-8-6-14(7-9-23)15-11-19-10-13(3)20-15/h10-12,14H,4-9H2,1-3H3. The van der Waals surface area contributed by atoms with Gasteiger partial charge >= 0.3 is 0 Å². The van der Waals surface area contributed by atoms with Gasteiger partial charge in [0.1, 0.15) is 0 Å². The molecule has 0 radical (unpaired) electrons. The van der Waals surface area contributed by atoms with Crippen LogP contribution in [0.25, 0.3) is 0 Å². The van der Waals surface area contributed by atoms with Gasteiger partial charge in [0.05, 0.1) is 11.4 Å². The van der Waals surface area contributed by atoms with Crippen molar-refractivity contribution in [1.29, 1.82) is 0 Å². The lowest BCUT2D eigenvalue weighted by atomic mass is 9.93. The number of aryl methyl sites for hydroxylation is 2. The molecule has 1 fully saturated rings. The second-order valence-corrected chi connectivity index (χ2v) is 6.93. The first-order chi connectivity index (χ1) is 12.0. The van der Waals surface area contributed by atoms with Crippen LogP contribution in [0.3, 0.4) is 0 Å². The number of amides is 1. The Morgan fingerprint density at radius 3 is 2.68 bits per heavy atom. The molecule has 1 saturated heterocycles. The number of hydrogen-bond donors (Lipinski definition) is 0. The lowest BCUT2D eigenvalue weighted by Gasteiger charge is -2.31. The smallest absolute Gasteiger partial charge is 0.223 e. The van der Waals surface area contributed by atoms with Crippen molar-refractivity contribution in [3.8, 4) is 0 Å². The predicted octanol–water partition coefficient (Wildman–Crippen LogP) is 2.63. The van der Waals surface area contributed by atoms with Crippen LogP contribution >= 0.6 is 0 Å². The van der Waals surface area contributed by atoms with E-state index in [1.165, 1.54) is 0 Å². The van der Waals surface area contributed by atoms with Crippen molar-refractivity contribution in [2.45, 2.75) is 58.3 Å². The maximum absolute atomic E-state index is 12.4. The average Bonchev–Trinajstić information content (AvgIpc) is 3.09. The molecule has 7 heteroatoms. The molecule has 1 aliphatic heterocycles. The molecule has 3 heterocycles. The second-order valence-electron chi connectivity index (χ2n) is 6.93. The molecule has 3 rings (SSSR count). The largest absolute Gasteiger partial charge is 0.425 e. The first kappa shape index (κ1) is 17.5. The highest BCUT2D eigenvalue weighted by atomic mass is 16.4. The third-order valence-corrected chi connectivity index (χ3v) is 4.57. The Morgan fingerprint density at radius 2 is 2.04 bits per heavy atom. The molecule has 0 saturated carbocycles. The summed E-state index contributed by atoms with van der Waals surface area (Å²) in [5.74, 6) is 1.92. The van der Waals surface area contributed by atoms with Crippen LogP contribution in [-0.2, 0) is 11.2 Å². The van der Waals surface area contributed by atoms with E-state index in [0.29, 0.717) is 30.5 Å². The van der Waals surface area contributed by atoms with Gasteiger partial charge in [-0.15, -0.1) is 10.2 Å². The summed E-state index contributed by atoms with van der Waals surface area (Å²) in [5.41, 5.74) is 1.98. The van der Waals surface area contributed by atoms with Crippen molar-refractivity contribution >= 4 is 5.91 Å². The highest BCUT2D eigenvalue weighted by molar-refractivity contribution is 5.76. The topological polar surface area (TPSA) is 85.0 Å². The Bertz CT molecular complexity index is 720. The van der Waals surface area contributed by atoms with Crippen molar-refractivity contribution in [1.82, 2.24) is 25.1 Å². The zero-order valence-electron chi connectivity index (χ0n) is 15.1. The zero-order valence-corrected chi connectivity index (χ0v) is 15.1. The molecule has 25 heavy (non-hydrogen) atoms. The Hall–Kier alpha value is -2.31. The molecule has 0 N–H and O–H groups in total. The quantitative estimate of drug-likeness (QED) is 0.829. The van der Waals surface area contributed by atoms with E-state index in [2.05, 4.69) is 20.2 Å². The lowest BCUT2D eigenvalue weighted by molar-refractivity contribution is -0.132. The van der Waals surface area contributed by atoms with Crippen LogP contribution in [0, 0.1) is 6.92 Å². The molecule has 2 aromatic rings. The van der Waals surface area contributed by atoms with Gasteiger partial charge in [0.2, 0.25) is 17.7 Å². The van der Waals surface area contributed by atoms with Crippen molar-refractivity contribution in [2.24, 2.45) is 0 Å². The zero-order chi connectivity index (χ0) is 17.8. The number of carbonyl (C=O) groups is 1. The van der Waals surface area contributed by atoms with E-state index in [1.54, 1.807) is 6.20 Å². The van der Waals surface area contributed by atoms with Gasteiger partial charge in [-0.3, -0.25) is 14.8 Å². The molecule has 134 valence electrons. The summed E-state index contributed by atoms with van der Waals surface area (Å²) < 4.78 is 5.56. The van der Waals surface area contributed by atoms with E-state index in [1.807, 2.05) is 31.9 Å². The van der Waals surface area contributed by atoms with Crippen LogP contribution in [-0.4, -0.2) is 44.1 Å². The predicted molar refractivity (Wildman–Crippen MR) is 92.0 cm³/mol. The molecule has 0 aliphatic carbocycles. The van der Waals surface area contributed by atoms with Gasteiger partial charge in [-0.05, 0) is 19.8 Å². The number of piperidine rings is 1. The summed E-state index contributed by atoms with van der Waals surface area (Å²) in [4.78, 5) is 23.1. The molecular formula is C18H25N5O2. The minimum Gasteiger partial charge on any atom is -0.425 e. The summed E-state index contributed by atoms with van der Waals surface area (Å²) in [7, 11) is 0. The van der Waals surface area contributed by atoms with Gasteiger partial charge in [-0.25, -0.2) is 0 Å². The number of likely N-dealkylation sites (tertiary alicyclic amines) is 1. The van der Waals surface area contributed by atoms with Gasteiger partial charge in [-0.2, -0.15) is 0 Å². The summed E-state index contributed by atoms with van der Waals surface area (Å²) in [6.07, 6.45) is 6.39. The fraction of sp³-hybridized carbons (Fsp3) is 0.611. The van der Waals surface area contributed by atoms with Crippen LogP contribution in [0.5, 0.6) is 0 Å². The van der Waals surface area contributed by atoms with Crippen LogP contribution in [0.2, 0.25) is 0 Å². The molecule has 0 aromatic carbocycles. The monoisotopic (exact) mass is 343 g/mol. The number of nitrogens with zero attached hydrogens (tertiary/aromatic N) is 5. The number of aromatic nitrogens is 4. The number of rotatable bonds is 5. The number of carbonyl (C=O) groups excluding carboxylic acids is 1. The van der Waals surface area contributed by atoms with Crippen molar-refractivity contribution < 1.29 is 9.21 Å². The van der Waals surface area contributed by atoms with Crippen LogP contribution in [0.1, 0.15) is 68.1 Å². The Balaban J connectivity index is 1.48. The minimum atomic E-state index is 0.151. The molecule has 0 spiro atoms. The molecule has 7 nitrogen and oxygen atoms in total. The van der Waals surface area contributed by atoms with E-state index in [4.69, 9.17) is 4.42 Å². The summed E-state index contributed by atoms with van der Waals surface area (Å²) in [5, 5.41) is 8.01. The Morgan fingerprint density at radius 1 is 1.28 bits per heavy atom. The van der Waals surface area contributed by atoms with E-state index in [-0.39, 0.29) is 11.8 Å². The minimum absolute atomic E-state index is 0.151. The highest BCUT2D eigenvalue weighted by Crippen LogP contribution is 2.26. The van der Waals surface area contributed by atoms with E-state index < -0.39 is 0 Å². The fourth-order valence-corrected chi connectivity index (χ4v) is 3.08. The summed E-state index contributed by atoms with van der Waals surface area (Å²) in [6.45, 7) is 7.49. The van der Waals surface area contributed by atoms with Gasteiger partial charge < -0.3 is 9.32 Å². The molecule has 2 aromatic heterocycles.